The first-order chi connectivity index (χ1) is 15.7. The zero-order chi connectivity index (χ0) is 21.7. The topological polar surface area (TPSA) is 63.1 Å². The van der Waals surface area contributed by atoms with Gasteiger partial charge in [-0.1, -0.05) is 18.2 Å². The molecule has 0 aliphatic carbocycles. The summed E-state index contributed by atoms with van der Waals surface area (Å²) in [6.07, 6.45) is 3.71. The van der Waals surface area contributed by atoms with Crippen molar-refractivity contribution in [1.29, 1.82) is 0 Å². The molecule has 6 nitrogen and oxygen atoms in total. The van der Waals surface area contributed by atoms with Crippen LogP contribution in [0.25, 0.3) is 33.1 Å². The molecule has 1 amide bonds. The fourth-order valence-electron chi connectivity index (χ4n) is 4.44. The normalized spacial score (nSPS) is 13.7. The van der Waals surface area contributed by atoms with Gasteiger partial charge < -0.3 is 19.2 Å². The van der Waals surface area contributed by atoms with Crippen molar-refractivity contribution in [1.82, 2.24) is 19.4 Å². The number of fused-ring (bicyclic) bond motifs is 3. The fraction of sp³-hybridized carbons (Fsp3) is 0.154. The molecule has 0 fully saturated rings. The molecule has 0 atom stereocenters. The first kappa shape index (κ1) is 18.7. The summed E-state index contributed by atoms with van der Waals surface area (Å²) in [6.45, 7) is 1.54. The minimum atomic E-state index is 0.0221. The number of ether oxygens (including phenoxy) is 1. The van der Waals surface area contributed by atoms with Crippen molar-refractivity contribution in [2.24, 2.45) is 7.05 Å². The zero-order valence-corrected chi connectivity index (χ0v) is 17.7. The number of aromatic nitrogens is 3. The van der Waals surface area contributed by atoms with Gasteiger partial charge in [0.2, 0.25) is 0 Å². The van der Waals surface area contributed by atoms with Gasteiger partial charge in [-0.2, -0.15) is 0 Å². The molecule has 0 spiro atoms. The van der Waals surface area contributed by atoms with Gasteiger partial charge in [0, 0.05) is 36.4 Å². The van der Waals surface area contributed by atoms with Crippen molar-refractivity contribution >= 4 is 27.8 Å². The molecule has 6 heteroatoms. The average molecular weight is 422 g/mol. The third-order valence-electron chi connectivity index (χ3n) is 6.22. The lowest BCUT2D eigenvalue weighted by molar-refractivity contribution is 0.0733. The molecule has 0 saturated carbocycles. The molecule has 158 valence electrons. The van der Waals surface area contributed by atoms with E-state index in [0.717, 1.165) is 44.4 Å². The molecular weight excluding hydrogens is 400 g/mol. The summed E-state index contributed by atoms with van der Waals surface area (Å²) in [5, 5.41) is 1.13. The Morgan fingerprint density at radius 2 is 1.91 bits per heavy atom. The highest BCUT2D eigenvalue weighted by Gasteiger charge is 2.22. The van der Waals surface area contributed by atoms with E-state index in [0.29, 0.717) is 25.3 Å². The maximum absolute atomic E-state index is 13.4. The monoisotopic (exact) mass is 422 g/mol. The number of nitrogens with zero attached hydrogens (tertiary/aromatic N) is 3. The second kappa shape index (κ2) is 7.27. The number of carbonyl (C=O) groups is 1. The smallest absolute Gasteiger partial charge is 0.254 e. The number of benzene rings is 3. The van der Waals surface area contributed by atoms with Crippen LogP contribution in [-0.2, 0) is 13.6 Å². The second-order valence-electron chi connectivity index (χ2n) is 8.23. The van der Waals surface area contributed by atoms with Gasteiger partial charge in [-0.3, -0.25) is 4.79 Å². The van der Waals surface area contributed by atoms with Crippen molar-refractivity contribution < 1.29 is 9.53 Å². The summed E-state index contributed by atoms with van der Waals surface area (Å²) >= 11 is 0. The highest BCUT2D eigenvalue weighted by molar-refractivity contribution is 5.98. The lowest BCUT2D eigenvalue weighted by Crippen LogP contribution is -2.32. The third-order valence-corrected chi connectivity index (χ3v) is 6.22. The molecule has 1 aliphatic rings. The van der Waals surface area contributed by atoms with Crippen LogP contribution < -0.4 is 4.74 Å². The minimum Gasteiger partial charge on any atom is -0.491 e. The average Bonchev–Trinajstić information content (AvgIpc) is 3.37. The lowest BCUT2D eigenvalue weighted by Gasteiger charge is -2.20. The van der Waals surface area contributed by atoms with Crippen LogP contribution in [0.1, 0.15) is 15.9 Å². The molecule has 6 rings (SSSR count). The van der Waals surface area contributed by atoms with Crippen molar-refractivity contribution in [3.63, 3.8) is 0 Å². The summed E-state index contributed by atoms with van der Waals surface area (Å²) in [5.74, 6) is 0.860. The van der Waals surface area contributed by atoms with Crippen LogP contribution in [0, 0.1) is 0 Å². The van der Waals surface area contributed by atoms with Crippen LogP contribution >= 0.6 is 0 Å². The summed E-state index contributed by atoms with van der Waals surface area (Å²) in [4.78, 5) is 22.7. The van der Waals surface area contributed by atoms with Crippen LogP contribution in [-0.4, -0.2) is 38.5 Å². The Balaban J connectivity index is 1.33. The fourth-order valence-corrected chi connectivity index (χ4v) is 4.44. The first-order valence-corrected chi connectivity index (χ1v) is 10.7. The van der Waals surface area contributed by atoms with Crippen LogP contribution in [0.3, 0.4) is 0 Å². The third kappa shape index (κ3) is 3.12. The minimum absolute atomic E-state index is 0.0221. The molecule has 3 aromatic carbocycles. The van der Waals surface area contributed by atoms with Crippen LogP contribution in [0.4, 0.5) is 0 Å². The first-order valence-electron chi connectivity index (χ1n) is 10.7. The van der Waals surface area contributed by atoms with Gasteiger partial charge in [0.25, 0.3) is 5.91 Å². The largest absolute Gasteiger partial charge is 0.491 e. The van der Waals surface area contributed by atoms with E-state index in [1.807, 2.05) is 53.0 Å². The van der Waals surface area contributed by atoms with E-state index in [1.54, 1.807) is 6.33 Å². The molecule has 0 bridgehead atoms. The predicted molar refractivity (Wildman–Crippen MR) is 125 cm³/mol. The molecule has 0 unspecified atom stereocenters. The molecule has 0 radical (unpaired) electrons. The summed E-state index contributed by atoms with van der Waals surface area (Å²) in [7, 11) is 1.99. The molecule has 1 N–H and O–H groups in total. The van der Waals surface area contributed by atoms with E-state index in [4.69, 9.17) is 4.74 Å². The molecule has 0 saturated heterocycles. The van der Waals surface area contributed by atoms with E-state index in [2.05, 4.69) is 40.3 Å². The molecule has 3 heterocycles. The number of hydrogen-bond acceptors (Lipinski definition) is 3. The van der Waals surface area contributed by atoms with E-state index < -0.39 is 0 Å². The molecule has 2 aromatic heterocycles. The van der Waals surface area contributed by atoms with E-state index >= 15 is 0 Å². The Hall–Kier alpha value is -4.06. The summed E-state index contributed by atoms with van der Waals surface area (Å²) in [5.41, 5.74) is 6.89. The summed E-state index contributed by atoms with van der Waals surface area (Å²) < 4.78 is 8.01. The number of hydrogen-bond donors (Lipinski definition) is 1. The number of amides is 1. The maximum atomic E-state index is 13.4. The lowest BCUT2D eigenvalue weighted by atomic mass is 10.0. The Bertz CT molecular complexity index is 1480. The zero-order valence-electron chi connectivity index (χ0n) is 17.7. The highest BCUT2D eigenvalue weighted by atomic mass is 16.5. The van der Waals surface area contributed by atoms with Gasteiger partial charge in [-0.25, -0.2) is 4.98 Å². The number of aromatic amines is 1. The van der Waals surface area contributed by atoms with Crippen molar-refractivity contribution in [3.05, 3.63) is 84.3 Å². The number of imidazole rings is 1. The maximum Gasteiger partial charge on any atom is 0.254 e. The molecule has 32 heavy (non-hydrogen) atoms. The van der Waals surface area contributed by atoms with E-state index in [1.165, 1.54) is 0 Å². The van der Waals surface area contributed by atoms with Gasteiger partial charge in [0.05, 0.1) is 23.9 Å². The van der Waals surface area contributed by atoms with Gasteiger partial charge in [-0.15, -0.1) is 0 Å². The Morgan fingerprint density at radius 3 is 2.84 bits per heavy atom. The number of carbonyl (C=O) groups excluding carboxylic acids is 1. The van der Waals surface area contributed by atoms with Crippen molar-refractivity contribution in [2.75, 3.05) is 13.2 Å². The second-order valence-corrected chi connectivity index (χ2v) is 8.23. The number of aryl methyl sites for hydroxylation is 1. The quantitative estimate of drug-likeness (QED) is 0.446. The van der Waals surface area contributed by atoms with Crippen molar-refractivity contribution in [2.45, 2.75) is 6.54 Å². The van der Waals surface area contributed by atoms with Crippen LogP contribution in [0.2, 0.25) is 0 Å². The van der Waals surface area contributed by atoms with Gasteiger partial charge in [-0.05, 0) is 59.0 Å². The summed E-state index contributed by atoms with van der Waals surface area (Å²) in [6, 6.07) is 20.3. The Labute approximate surface area is 185 Å². The Morgan fingerprint density at radius 1 is 1.03 bits per heavy atom. The number of H-pyrrole nitrogens is 1. The van der Waals surface area contributed by atoms with Gasteiger partial charge in [0.1, 0.15) is 12.4 Å². The molecular formula is C26H22N4O2. The standard InChI is InChI=1S/C26H22N4O2/c1-29-9-8-17-2-3-20(14-24(17)29)26(31)30-10-11-32-25-7-5-18(12-21(25)15-30)19-4-6-22-23(13-19)28-16-27-22/h2-9,12-14,16H,10-11,15H2,1H3,(H,27,28). The van der Waals surface area contributed by atoms with Gasteiger partial charge >= 0.3 is 0 Å². The Kier molecular flexibility index (Phi) is 4.24. The SMILES string of the molecule is Cn1ccc2ccc(C(=O)N3CCOc4ccc(-c5ccc6nc[nH]c6c5)cc4C3)cc21. The number of rotatable bonds is 2. The van der Waals surface area contributed by atoms with Crippen molar-refractivity contribution in [3.8, 4) is 16.9 Å². The van der Waals surface area contributed by atoms with Gasteiger partial charge in [0.15, 0.2) is 0 Å². The number of nitrogens with one attached hydrogen (secondary N) is 1. The van der Waals surface area contributed by atoms with E-state index in [-0.39, 0.29) is 5.91 Å². The van der Waals surface area contributed by atoms with Crippen LogP contribution in [0.15, 0.2) is 73.2 Å². The van der Waals surface area contributed by atoms with E-state index in [9.17, 15) is 4.79 Å². The predicted octanol–water partition coefficient (Wildman–Crippen LogP) is 4.76. The highest BCUT2D eigenvalue weighted by Crippen LogP contribution is 2.31. The molecule has 5 aromatic rings. The van der Waals surface area contributed by atoms with Crippen LogP contribution in [0.5, 0.6) is 5.75 Å². The molecule has 1 aliphatic heterocycles.